The summed E-state index contributed by atoms with van der Waals surface area (Å²) < 4.78 is 114. The van der Waals surface area contributed by atoms with Crippen molar-refractivity contribution in [2.75, 3.05) is 83.2 Å². The molecule has 2 aliphatic carbocycles. The number of hydrogen-bond donors (Lipinski definition) is 1. The summed E-state index contributed by atoms with van der Waals surface area (Å²) in [7, 11) is -7.33. The number of methoxy groups -OCH3 is 1. The molecular formula is C85H126N18O18P2Si2. The molecule has 682 valence electrons. The van der Waals surface area contributed by atoms with Crippen molar-refractivity contribution in [1.82, 2.24) is 79.9 Å². The Kier molecular flexibility index (Phi) is 28.8. The highest BCUT2D eigenvalue weighted by atomic mass is 31.2. The first-order valence-corrected chi connectivity index (χ1v) is 55.6. The Labute approximate surface area is 732 Å². The maximum absolute atomic E-state index is 14.3. The van der Waals surface area contributed by atoms with Crippen molar-refractivity contribution in [2.45, 2.75) is 280 Å². The molecule has 0 spiro atoms. The van der Waals surface area contributed by atoms with E-state index in [1.54, 1.807) is 64.3 Å². The molecule has 4 aliphatic heterocycles. The zero-order valence-electron chi connectivity index (χ0n) is 76.1. The second-order valence-corrected chi connectivity index (χ2v) is 57.4. The molecular weight excluding hydrogens is 1680 g/mol. The number of aliphatic hydroxyl groups is 1. The monoisotopic (exact) mass is 1800 g/mol. The van der Waals surface area contributed by atoms with Crippen LogP contribution in [0.4, 0.5) is 21.2 Å². The second-order valence-electron chi connectivity index (χ2n) is 39.1. The Morgan fingerprint density at radius 2 is 0.944 bits per heavy atom. The minimum absolute atomic E-state index is 0.0104. The van der Waals surface area contributed by atoms with E-state index in [1.165, 1.54) is 16.7 Å². The van der Waals surface area contributed by atoms with Gasteiger partial charge in [-0.2, -0.15) is 10.2 Å². The summed E-state index contributed by atoms with van der Waals surface area (Å²) in [5.74, 6) is 0.0975. The Morgan fingerprint density at radius 3 is 1.30 bits per heavy atom. The molecule has 10 atom stereocenters. The molecule has 1 N–H and O–H groups in total. The molecule has 40 heteroatoms. The molecule has 125 heavy (non-hydrogen) atoms. The van der Waals surface area contributed by atoms with Crippen LogP contribution in [0.5, 0.6) is 0 Å². The van der Waals surface area contributed by atoms with Gasteiger partial charge in [-0.15, -0.1) is 30.0 Å². The maximum atomic E-state index is 14.3. The van der Waals surface area contributed by atoms with Crippen LogP contribution in [0.2, 0.25) is 51.4 Å². The summed E-state index contributed by atoms with van der Waals surface area (Å²) >= 11 is 0. The van der Waals surface area contributed by atoms with Crippen LogP contribution in [0.15, 0.2) is 73.1 Å². The van der Waals surface area contributed by atoms with Gasteiger partial charge in [0.05, 0.1) is 49.6 Å². The molecule has 36 nitrogen and oxygen atoms in total. The molecule has 0 radical (unpaired) electrons. The number of amides is 2. The van der Waals surface area contributed by atoms with E-state index >= 15 is 0 Å². The predicted molar refractivity (Wildman–Crippen MR) is 476 cm³/mol. The molecule has 4 saturated heterocycles. The zero-order valence-corrected chi connectivity index (χ0v) is 79.9. The summed E-state index contributed by atoms with van der Waals surface area (Å²) in [6.07, 6.45) is 9.09. The van der Waals surface area contributed by atoms with E-state index in [2.05, 4.69) is 70.1 Å². The molecule has 6 aromatic heterocycles. The fraction of sp³-hybridized carbons (Fsp3) is 0.647. The maximum Gasteiger partial charge on any atom is 0.416 e. The number of aliphatic hydroxyl groups excluding tert-OH is 1. The number of benzene rings is 2. The van der Waals surface area contributed by atoms with E-state index < -0.39 is 132 Å². The van der Waals surface area contributed by atoms with Crippen molar-refractivity contribution in [3.8, 4) is 0 Å². The number of hydrogen-bond acceptors (Lipinski definition) is 30. The first-order chi connectivity index (χ1) is 58.8. The molecule has 6 aliphatic rings. The third kappa shape index (κ3) is 23.2. The molecule has 2 saturated carbocycles. The third-order valence-electron chi connectivity index (χ3n) is 22.5. The van der Waals surface area contributed by atoms with Crippen LogP contribution >= 0.6 is 14.3 Å². The average Bonchev–Trinajstić information content (AvgIpc) is 1.59. The zero-order chi connectivity index (χ0) is 90.0. The minimum atomic E-state index is -3.22. The normalized spacial score (nSPS) is 22.7. The summed E-state index contributed by atoms with van der Waals surface area (Å²) in [5.41, 5.74) is 1.27. The second kappa shape index (κ2) is 38.0. The van der Waals surface area contributed by atoms with Gasteiger partial charge in [0, 0.05) is 61.4 Å². The molecule has 2 aromatic carbocycles. The Balaban J connectivity index is 0.000000215. The van der Waals surface area contributed by atoms with Gasteiger partial charge in [0.25, 0.3) is 0 Å². The van der Waals surface area contributed by atoms with Gasteiger partial charge in [-0.1, -0.05) is 112 Å². The highest BCUT2D eigenvalue weighted by molar-refractivity contribution is 7.64. The van der Waals surface area contributed by atoms with Crippen LogP contribution < -0.4 is 9.80 Å². The van der Waals surface area contributed by atoms with Gasteiger partial charge in [-0.3, -0.25) is 9.80 Å². The fourth-order valence-corrected chi connectivity index (χ4v) is 19.4. The van der Waals surface area contributed by atoms with Crippen LogP contribution in [0.3, 0.4) is 0 Å². The predicted octanol–water partition coefficient (Wildman–Crippen LogP) is 13.8. The van der Waals surface area contributed by atoms with Gasteiger partial charge < -0.3 is 75.8 Å². The minimum Gasteiger partial charge on any atom is -0.443 e. The smallest absolute Gasteiger partial charge is 0.416 e. The van der Waals surface area contributed by atoms with E-state index in [0.717, 1.165) is 61.7 Å². The van der Waals surface area contributed by atoms with Crippen molar-refractivity contribution in [2.24, 2.45) is 0 Å². The van der Waals surface area contributed by atoms with E-state index in [4.69, 9.17) is 91.7 Å². The number of carbonyl (C=O) groups excluding carboxylic acids is 2. The summed E-state index contributed by atoms with van der Waals surface area (Å²) in [4.78, 5) is 53.9. The highest BCUT2D eigenvalue weighted by Crippen LogP contribution is 2.57. The average molecular weight is 1810 g/mol. The molecule has 14 rings (SSSR count). The number of tetrazole rings is 2. The molecule has 6 fully saturated rings. The Hall–Kier alpha value is -7.89. The van der Waals surface area contributed by atoms with Crippen molar-refractivity contribution < 1.29 is 85.4 Å². The van der Waals surface area contributed by atoms with Crippen molar-refractivity contribution >= 4 is 101 Å². The lowest BCUT2D eigenvalue weighted by molar-refractivity contribution is -0.206. The van der Waals surface area contributed by atoms with Gasteiger partial charge in [-0.05, 0) is 180 Å². The van der Waals surface area contributed by atoms with Crippen LogP contribution in [-0.2, 0) is 97.0 Å². The number of nitrogens with zero attached hydrogens (tertiary/aromatic N) is 18. The van der Waals surface area contributed by atoms with Crippen LogP contribution in [0.1, 0.15) is 155 Å². The number of aromatic nitrogens is 16. The number of rotatable bonds is 35. The van der Waals surface area contributed by atoms with E-state index in [1.807, 2.05) is 148 Å². The Morgan fingerprint density at radius 1 is 0.560 bits per heavy atom. The quantitative estimate of drug-likeness (QED) is 0.0219. The molecule has 0 bridgehead atoms. The topological polar surface area (TPSA) is 389 Å². The first kappa shape index (κ1) is 94.7. The van der Waals surface area contributed by atoms with Gasteiger partial charge in [-0.25, -0.2) is 38.9 Å². The van der Waals surface area contributed by atoms with Gasteiger partial charge in [0.15, 0.2) is 94.4 Å². The van der Waals surface area contributed by atoms with E-state index in [9.17, 15) is 23.8 Å². The lowest BCUT2D eigenvalue weighted by atomic mass is 9.91. The molecule has 2 amide bonds. The number of ether oxygens (including phenoxy) is 13. The van der Waals surface area contributed by atoms with E-state index in [-0.39, 0.29) is 64.0 Å². The first-order valence-electron chi connectivity index (χ1n) is 43.0. The van der Waals surface area contributed by atoms with Gasteiger partial charge in [0.2, 0.25) is 0 Å². The standard InChI is InChI=1S/C43H64N9O9PSi.C42H62N9O9PSi/c1-41(2,3)61-40(53)51(30-18-15-19-30)37-31-25-44-52(38(31)46-33(45-37)21-20-29-16-13-12-14-17-29)39-36-35(59-42(4,5)60-36)32(58-39)26-57-43(27-55-6,62(7,8)54)24-34-47-49-50(48-34)28-56-22-23-63(9,10)11;1-40(2,3)60-39(53)50(29-17-14-18-29)36-30-24-43-51(37(30)45-32(44-36)20-19-28-15-12-11-13-16-28)38-35-34(58-41(4,5)59-35)31(57-38)25-56-42(26-52,61(6,7)54)23-33-46-48-49(47-33)27-55-21-22-62(8,9)10/h12-14,16-17,20-21,25,30,32,35-36,39H,15,18-19,22-24,26-28H2,1-11H3;11-13,15-16,19-20,24,29,31,34-35,38,52H,14,17-18,21-23,25-27H2,1-10H3/b21-20+;20-19+/t32-,35-,36-,39-,43+;31-,34-,35-,38-,42+/m11/s1. The fourth-order valence-electron chi connectivity index (χ4n) is 15.3. The van der Waals surface area contributed by atoms with Gasteiger partial charge in [0.1, 0.15) is 62.1 Å². The van der Waals surface area contributed by atoms with Crippen molar-refractivity contribution in [3.63, 3.8) is 0 Å². The summed E-state index contributed by atoms with van der Waals surface area (Å²) in [6, 6.07) is 21.4. The lowest BCUT2D eigenvalue weighted by Gasteiger charge is -2.37. The SMILES string of the molecule is CC(C)(C)OC(=O)N(c1nc(/C=C/c2ccccc2)nc2c1cnn2[C@@H]1O[C@H](CO[C@@](CO)(Cc2nnn(COCC[Si](C)(C)C)n2)P(C)(C)=O)[C@H]2OC(C)(C)O[C@H]21)C1CCC1.COC[C@@](Cc1nnn(COCC[Si](C)(C)C)n1)(OC[C@H]1O[C@@H](n2ncc3c(N(C(=O)OC(C)(C)C)C4CCC4)nc(/C=C/c4ccccc4)nc32)[C@@H]2OC(C)(C)O[C@@H]21)P(C)(C)=O. The highest BCUT2D eigenvalue weighted by Gasteiger charge is 2.60. The number of carbonyl (C=O) groups is 2. The molecule has 0 unspecified atom stereocenters. The lowest BCUT2D eigenvalue weighted by Crippen LogP contribution is -2.47. The largest absolute Gasteiger partial charge is 0.443 e. The Bertz CT molecular complexity index is 5190. The summed E-state index contributed by atoms with van der Waals surface area (Å²) in [5, 5.41) is 44.5. The van der Waals surface area contributed by atoms with Gasteiger partial charge >= 0.3 is 12.2 Å². The van der Waals surface area contributed by atoms with Crippen molar-refractivity contribution in [3.05, 3.63) is 107 Å². The van der Waals surface area contributed by atoms with Crippen molar-refractivity contribution in [1.29, 1.82) is 0 Å². The number of anilines is 2. The molecule has 10 heterocycles. The van der Waals surface area contributed by atoms with Crippen LogP contribution in [0, 0.1) is 0 Å². The summed E-state index contributed by atoms with van der Waals surface area (Å²) in [6.45, 7) is 39.2. The third-order valence-corrected chi connectivity index (χ3v) is 30.7. The van der Waals surface area contributed by atoms with E-state index in [0.29, 0.717) is 64.4 Å². The number of fused-ring (bicyclic) bond motifs is 4. The van der Waals surface area contributed by atoms with Crippen LogP contribution in [0.25, 0.3) is 46.4 Å². The molecule has 8 aromatic rings. The van der Waals surface area contributed by atoms with Crippen LogP contribution in [-0.4, -0.2) is 269 Å².